The van der Waals surface area contributed by atoms with Gasteiger partial charge in [0.1, 0.15) is 24.4 Å². The molecule has 3 heteroatoms. The molecule has 2 fully saturated rings. The first-order valence-corrected chi connectivity index (χ1v) is 20.6. The van der Waals surface area contributed by atoms with Gasteiger partial charge in [-0.25, -0.2) is 0 Å². The summed E-state index contributed by atoms with van der Waals surface area (Å²) in [4.78, 5) is 0. The van der Waals surface area contributed by atoms with Gasteiger partial charge in [-0.15, -0.1) is 0 Å². The summed E-state index contributed by atoms with van der Waals surface area (Å²) in [5.41, 5.74) is 0. The van der Waals surface area contributed by atoms with Crippen LogP contribution >= 0.6 is 0 Å². The zero-order valence-corrected chi connectivity index (χ0v) is 30.5. The van der Waals surface area contributed by atoms with E-state index in [1.165, 1.54) is 180 Å². The fraction of sp³-hybridized carbons (Fsp3) is 0.905. The second-order valence-electron chi connectivity index (χ2n) is 14.4. The molecule has 0 N–H and O–H groups in total. The highest BCUT2D eigenvalue weighted by Crippen LogP contribution is 2.26. The van der Waals surface area contributed by atoms with Crippen LogP contribution in [0.15, 0.2) is 24.3 Å². The Bertz CT molecular complexity index is 609. The van der Waals surface area contributed by atoms with E-state index in [0.717, 1.165) is 26.1 Å². The molecule has 264 valence electrons. The average Bonchev–Trinajstić information content (AvgIpc) is 3.97. The summed E-state index contributed by atoms with van der Waals surface area (Å²) in [6.45, 7) is 6.25. The molecule has 0 aromatic heterocycles. The van der Waals surface area contributed by atoms with Crippen molar-refractivity contribution in [1.82, 2.24) is 0 Å². The Balaban J connectivity index is 1.42. The van der Waals surface area contributed by atoms with Crippen molar-refractivity contribution in [3.63, 3.8) is 0 Å². The van der Waals surface area contributed by atoms with Crippen LogP contribution in [0.5, 0.6) is 0 Å². The van der Waals surface area contributed by atoms with E-state index in [1.807, 2.05) is 0 Å². The average molecular weight is 631 g/mol. The number of allylic oxidation sites excluding steroid dienone is 2. The SMILES string of the molecule is CCCCCCCCCCCCCCCC/C=C/C(OC(/C=C/CCCCCCCCCCCCCCCC)C1CO1)C1CO1. The molecular weight excluding hydrogens is 552 g/mol. The fourth-order valence-corrected chi connectivity index (χ4v) is 6.56. The lowest BCUT2D eigenvalue weighted by Crippen LogP contribution is -2.27. The van der Waals surface area contributed by atoms with Crippen LogP contribution < -0.4 is 0 Å². The minimum Gasteiger partial charge on any atom is -0.370 e. The van der Waals surface area contributed by atoms with E-state index in [9.17, 15) is 0 Å². The maximum atomic E-state index is 6.52. The van der Waals surface area contributed by atoms with Crippen molar-refractivity contribution < 1.29 is 14.2 Å². The minimum absolute atomic E-state index is 0.0663. The molecule has 0 aliphatic carbocycles. The third-order valence-corrected chi connectivity index (χ3v) is 9.87. The Morgan fingerprint density at radius 3 is 0.911 bits per heavy atom. The molecule has 4 unspecified atom stereocenters. The van der Waals surface area contributed by atoms with Crippen molar-refractivity contribution in [2.75, 3.05) is 13.2 Å². The van der Waals surface area contributed by atoms with E-state index in [2.05, 4.69) is 38.2 Å². The van der Waals surface area contributed by atoms with Gasteiger partial charge in [-0.1, -0.05) is 205 Å². The first kappa shape index (κ1) is 40.5. The van der Waals surface area contributed by atoms with Gasteiger partial charge in [-0.3, -0.25) is 0 Å². The molecule has 0 saturated carbocycles. The predicted octanol–water partition coefficient (Wildman–Crippen LogP) is 13.4. The quantitative estimate of drug-likeness (QED) is 0.0392. The van der Waals surface area contributed by atoms with Gasteiger partial charge in [0.15, 0.2) is 0 Å². The number of rotatable bonds is 36. The van der Waals surface area contributed by atoms with Crippen molar-refractivity contribution in [3.05, 3.63) is 24.3 Å². The standard InChI is InChI=1S/C42H78O3/c1-3-5-7-9-11-13-15-17-19-21-23-25-27-29-31-33-35-39(41-37-43-41)45-40(42-38-44-42)36-34-32-30-28-26-24-22-20-18-16-14-12-10-8-6-4-2/h33-36,39-42H,3-32,37-38H2,1-2H3/b35-33+,36-34+. The van der Waals surface area contributed by atoms with Crippen molar-refractivity contribution >= 4 is 0 Å². The lowest BCUT2D eigenvalue weighted by molar-refractivity contribution is 0.0113. The van der Waals surface area contributed by atoms with Crippen LogP contribution in [-0.2, 0) is 14.2 Å². The fourth-order valence-electron chi connectivity index (χ4n) is 6.56. The first-order valence-electron chi connectivity index (χ1n) is 20.6. The zero-order chi connectivity index (χ0) is 31.9. The Morgan fingerprint density at radius 1 is 0.422 bits per heavy atom. The van der Waals surface area contributed by atoms with Crippen molar-refractivity contribution in [1.29, 1.82) is 0 Å². The minimum atomic E-state index is 0.0663. The van der Waals surface area contributed by atoms with E-state index in [1.54, 1.807) is 0 Å². The Kier molecular flexibility index (Phi) is 27.6. The summed E-state index contributed by atoms with van der Waals surface area (Å²) in [6, 6.07) is 0. The van der Waals surface area contributed by atoms with Gasteiger partial charge in [0.2, 0.25) is 0 Å². The van der Waals surface area contributed by atoms with Crippen LogP contribution in [0.4, 0.5) is 0 Å². The van der Waals surface area contributed by atoms with Crippen molar-refractivity contribution in [2.45, 2.75) is 231 Å². The van der Waals surface area contributed by atoms with Crippen LogP contribution in [0.1, 0.15) is 206 Å². The molecule has 0 spiro atoms. The molecule has 2 heterocycles. The van der Waals surface area contributed by atoms with E-state index in [-0.39, 0.29) is 24.4 Å². The molecule has 0 radical (unpaired) electrons. The molecule has 0 aromatic carbocycles. The zero-order valence-electron chi connectivity index (χ0n) is 30.5. The highest BCUT2D eigenvalue weighted by molar-refractivity contribution is 5.03. The summed E-state index contributed by atoms with van der Waals surface area (Å²) >= 11 is 0. The van der Waals surface area contributed by atoms with Gasteiger partial charge in [0.25, 0.3) is 0 Å². The number of hydrogen-bond donors (Lipinski definition) is 0. The Hall–Kier alpha value is -0.640. The molecule has 0 aromatic rings. The Morgan fingerprint density at radius 2 is 0.667 bits per heavy atom. The first-order chi connectivity index (χ1) is 22.3. The summed E-state index contributed by atoms with van der Waals surface area (Å²) in [7, 11) is 0. The maximum Gasteiger partial charge on any atom is 0.111 e. The van der Waals surface area contributed by atoms with Gasteiger partial charge in [-0.2, -0.15) is 0 Å². The van der Waals surface area contributed by atoms with Gasteiger partial charge in [-0.05, 0) is 25.7 Å². The summed E-state index contributed by atoms with van der Waals surface area (Å²) < 4.78 is 17.8. The third-order valence-electron chi connectivity index (χ3n) is 9.87. The molecule has 0 bridgehead atoms. The largest absolute Gasteiger partial charge is 0.370 e. The second-order valence-corrected chi connectivity index (χ2v) is 14.4. The van der Waals surface area contributed by atoms with E-state index >= 15 is 0 Å². The molecule has 2 aliphatic rings. The van der Waals surface area contributed by atoms with Crippen LogP contribution in [0.3, 0.4) is 0 Å². The topological polar surface area (TPSA) is 34.3 Å². The van der Waals surface area contributed by atoms with Gasteiger partial charge in [0.05, 0.1) is 13.2 Å². The van der Waals surface area contributed by atoms with Crippen LogP contribution in [0.2, 0.25) is 0 Å². The van der Waals surface area contributed by atoms with E-state index in [4.69, 9.17) is 14.2 Å². The lowest BCUT2D eigenvalue weighted by atomic mass is 10.0. The van der Waals surface area contributed by atoms with Gasteiger partial charge < -0.3 is 14.2 Å². The van der Waals surface area contributed by atoms with Crippen LogP contribution in [0.25, 0.3) is 0 Å². The van der Waals surface area contributed by atoms with Crippen molar-refractivity contribution in [2.24, 2.45) is 0 Å². The molecular formula is C42H78O3. The molecule has 0 amide bonds. The molecule has 2 saturated heterocycles. The summed E-state index contributed by atoms with van der Waals surface area (Å²) in [5, 5.41) is 0. The number of epoxide rings is 2. The van der Waals surface area contributed by atoms with Crippen LogP contribution in [0, 0.1) is 0 Å². The van der Waals surface area contributed by atoms with Gasteiger partial charge in [0, 0.05) is 0 Å². The highest BCUT2D eigenvalue weighted by atomic mass is 16.6. The molecule has 3 nitrogen and oxygen atoms in total. The van der Waals surface area contributed by atoms with E-state index < -0.39 is 0 Å². The maximum absolute atomic E-state index is 6.52. The molecule has 4 atom stereocenters. The van der Waals surface area contributed by atoms with Gasteiger partial charge >= 0.3 is 0 Å². The lowest BCUT2D eigenvalue weighted by Gasteiger charge is -2.18. The van der Waals surface area contributed by atoms with Crippen molar-refractivity contribution in [3.8, 4) is 0 Å². The number of unbranched alkanes of at least 4 members (excludes halogenated alkanes) is 28. The normalized spacial score (nSPS) is 19.2. The molecule has 45 heavy (non-hydrogen) atoms. The second kappa shape index (κ2) is 30.7. The van der Waals surface area contributed by atoms with Crippen LogP contribution in [-0.4, -0.2) is 37.6 Å². The highest BCUT2D eigenvalue weighted by Gasteiger charge is 2.38. The Labute approximate surface area is 282 Å². The molecule has 2 aliphatic heterocycles. The number of hydrogen-bond acceptors (Lipinski definition) is 3. The predicted molar refractivity (Wildman–Crippen MR) is 196 cm³/mol. The smallest absolute Gasteiger partial charge is 0.111 e. The summed E-state index contributed by atoms with van der Waals surface area (Å²) in [5.74, 6) is 0. The monoisotopic (exact) mass is 631 g/mol. The van der Waals surface area contributed by atoms with E-state index in [0.29, 0.717) is 0 Å². The summed E-state index contributed by atoms with van der Waals surface area (Å²) in [6.07, 6.45) is 51.8. The molecule has 2 rings (SSSR count). The third kappa shape index (κ3) is 26.1. The number of ether oxygens (including phenoxy) is 3.